The van der Waals surface area contributed by atoms with Crippen LogP contribution in [0.1, 0.15) is 35.2 Å². The zero-order valence-electron chi connectivity index (χ0n) is 17.6. The summed E-state index contributed by atoms with van der Waals surface area (Å²) in [7, 11) is 1.68. The zero-order chi connectivity index (χ0) is 23.6. The maximum Gasteiger partial charge on any atom is 0.320 e. The average molecular weight is 472 g/mol. The summed E-state index contributed by atoms with van der Waals surface area (Å²) in [5.41, 5.74) is 17.5. The van der Waals surface area contributed by atoms with Gasteiger partial charge in [-0.15, -0.1) is 0 Å². The van der Waals surface area contributed by atoms with Crippen molar-refractivity contribution in [2.75, 3.05) is 20.2 Å². The molecule has 0 spiro atoms. The highest BCUT2D eigenvalue weighted by Crippen LogP contribution is 2.19. The van der Waals surface area contributed by atoms with Gasteiger partial charge in [0.1, 0.15) is 11.8 Å². The third kappa shape index (κ3) is 13.0. The van der Waals surface area contributed by atoms with Crippen molar-refractivity contribution in [3.05, 3.63) is 63.6 Å². The third-order valence-electron chi connectivity index (χ3n) is 3.98. The minimum Gasteiger partial charge on any atom is -0.496 e. The molecule has 0 heterocycles. The van der Waals surface area contributed by atoms with Crippen molar-refractivity contribution in [3.8, 4) is 5.75 Å². The smallest absolute Gasteiger partial charge is 0.320 e. The Bertz CT molecular complexity index is 791. The molecule has 0 aliphatic carbocycles. The first kappa shape index (κ1) is 28.8. The topological polar surface area (TPSA) is 142 Å². The maximum absolute atomic E-state index is 10.2. The molecule has 2 aromatic rings. The van der Waals surface area contributed by atoms with Gasteiger partial charge in [-0.3, -0.25) is 9.59 Å². The lowest BCUT2D eigenvalue weighted by molar-refractivity contribution is -0.138. The molecule has 0 aliphatic rings. The Morgan fingerprint density at radius 2 is 1.81 bits per heavy atom. The molecule has 0 unspecified atom stereocenters. The number of carboxylic acid groups (broad SMARTS) is 1. The first-order valence-corrected chi connectivity index (χ1v) is 10.5. The number of aldehydes is 1. The second kappa shape index (κ2) is 17.5. The van der Waals surface area contributed by atoms with Crippen molar-refractivity contribution < 1.29 is 19.4 Å². The average Bonchev–Trinajstić information content (AvgIpc) is 2.75. The first-order chi connectivity index (χ1) is 14.8. The molecular formula is C22H31Cl2N3O4. The Labute approximate surface area is 193 Å². The number of nitrogens with two attached hydrogens (primary N) is 3. The highest BCUT2D eigenvalue weighted by molar-refractivity contribution is 6.36. The monoisotopic (exact) mass is 471 g/mol. The van der Waals surface area contributed by atoms with Gasteiger partial charge >= 0.3 is 5.97 Å². The van der Waals surface area contributed by atoms with E-state index in [4.69, 9.17) is 50.2 Å². The van der Waals surface area contributed by atoms with E-state index >= 15 is 0 Å². The Hall–Kier alpha value is -2.16. The molecule has 31 heavy (non-hydrogen) atoms. The number of aliphatic carboxylic acids is 1. The van der Waals surface area contributed by atoms with Crippen LogP contribution in [0.5, 0.6) is 5.75 Å². The van der Waals surface area contributed by atoms with E-state index in [1.54, 1.807) is 19.2 Å². The van der Waals surface area contributed by atoms with Crippen molar-refractivity contribution in [1.82, 2.24) is 0 Å². The molecule has 0 aliphatic heterocycles. The van der Waals surface area contributed by atoms with Gasteiger partial charge in [0.25, 0.3) is 0 Å². The predicted molar refractivity (Wildman–Crippen MR) is 126 cm³/mol. The molecule has 0 fully saturated rings. The SMILES string of the molecule is COc1ccccc1CCN.NCCCC[C@H](N)C(=O)O.O=Cc1ccc(Cl)cc1Cl. The maximum atomic E-state index is 10.2. The van der Waals surface area contributed by atoms with Crippen molar-refractivity contribution in [2.45, 2.75) is 31.7 Å². The molecule has 0 radical (unpaired) electrons. The molecule has 0 bridgehead atoms. The summed E-state index contributed by atoms with van der Waals surface area (Å²) >= 11 is 11.2. The molecular weight excluding hydrogens is 441 g/mol. The minimum atomic E-state index is -0.933. The lowest BCUT2D eigenvalue weighted by Crippen LogP contribution is -2.29. The van der Waals surface area contributed by atoms with Gasteiger partial charge in [0, 0.05) is 10.6 Å². The fourth-order valence-corrected chi connectivity index (χ4v) is 2.75. The second-order valence-electron chi connectivity index (χ2n) is 6.36. The van der Waals surface area contributed by atoms with Gasteiger partial charge in [0.2, 0.25) is 0 Å². The number of methoxy groups -OCH3 is 1. The van der Waals surface area contributed by atoms with Crippen molar-refractivity contribution in [1.29, 1.82) is 0 Å². The quantitative estimate of drug-likeness (QED) is 0.323. The highest BCUT2D eigenvalue weighted by atomic mass is 35.5. The number of halogens is 2. The van der Waals surface area contributed by atoms with E-state index in [1.165, 1.54) is 11.6 Å². The highest BCUT2D eigenvalue weighted by Gasteiger charge is 2.09. The zero-order valence-corrected chi connectivity index (χ0v) is 19.1. The molecule has 7 N–H and O–H groups in total. The van der Waals surface area contributed by atoms with Crippen LogP contribution in [0.3, 0.4) is 0 Å². The summed E-state index contributed by atoms with van der Waals surface area (Å²) in [6, 6.07) is 12.0. The van der Waals surface area contributed by atoms with E-state index in [-0.39, 0.29) is 0 Å². The van der Waals surface area contributed by atoms with Crippen molar-refractivity contribution >= 4 is 35.5 Å². The van der Waals surface area contributed by atoms with Gasteiger partial charge in [0.15, 0.2) is 6.29 Å². The molecule has 0 amide bonds. The Morgan fingerprint density at radius 1 is 1.13 bits per heavy atom. The molecule has 9 heteroatoms. The largest absolute Gasteiger partial charge is 0.496 e. The Morgan fingerprint density at radius 3 is 2.32 bits per heavy atom. The number of hydrogen-bond acceptors (Lipinski definition) is 6. The number of carbonyl (C=O) groups excluding carboxylic acids is 1. The number of para-hydroxylation sites is 1. The number of benzene rings is 2. The summed E-state index contributed by atoms with van der Waals surface area (Å²) in [4.78, 5) is 20.3. The third-order valence-corrected chi connectivity index (χ3v) is 4.54. The molecule has 2 aromatic carbocycles. The van der Waals surface area contributed by atoms with Gasteiger partial charge in [-0.05, 0) is 62.2 Å². The molecule has 0 saturated heterocycles. The van der Waals surface area contributed by atoms with Crippen molar-refractivity contribution in [3.63, 3.8) is 0 Å². The van der Waals surface area contributed by atoms with E-state index in [2.05, 4.69) is 0 Å². The van der Waals surface area contributed by atoms with E-state index in [0.29, 0.717) is 41.4 Å². The van der Waals surface area contributed by atoms with Crippen LogP contribution in [0.4, 0.5) is 0 Å². The summed E-state index contributed by atoms with van der Waals surface area (Å²) < 4.78 is 5.14. The van der Waals surface area contributed by atoms with Crippen LogP contribution < -0.4 is 21.9 Å². The molecule has 1 atom stereocenters. The minimum absolute atomic E-state index is 0.391. The summed E-state index contributed by atoms with van der Waals surface area (Å²) in [6.07, 6.45) is 3.74. The van der Waals surface area contributed by atoms with Crippen LogP contribution >= 0.6 is 23.2 Å². The fourth-order valence-electron chi connectivity index (χ4n) is 2.29. The lowest BCUT2D eigenvalue weighted by Gasteiger charge is -2.05. The lowest BCUT2D eigenvalue weighted by atomic mass is 10.1. The fraction of sp³-hybridized carbons (Fsp3) is 0.364. The van der Waals surface area contributed by atoms with Crippen LogP contribution in [-0.4, -0.2) is 43.6 Å². The first-order valence-electron chi connectivity index (χ1n) is 9.71. The summed E-state index contributed by atoms with van der Waals surface area (Å²) in [5, 5.41) is 9.25. The number of rotatable bonds is 9. The van der Waals surface area contributed by atoms with Crippen LogP contribution in [0, 0.1) is 0 Å². The predicted octanol–water partition coefficient (Wildman–Crippen LogP) is 3.53. The Balaban J connectivity index is 0.000000436. The number of unbranched alkanes of at least 4 members (excludes halogenated alkanes) is 1. The van der Waals surface area contributed by atoms with Gasteiger partial charge in [0.05, 0.1) is 12.1 Å². The molecule has 0 aromatic heterocycles. The van der Waals surface area contributed by atoms with Crippen LogP contribution in [0.2, 0.25) is 10.0 Å². The van der Waals surface area contributed by atoms with Gasteiger partial charge in [-0.25, -0.2) is 0 Å². The molecule has 0 saturated carbocycles. The van der Waals surface area contributed by atoms with Gasteiger partial charge in [-0.2, -0.15) is 0 Å². The standard InChI is InChI=1S/C9H13NO.C7H4Cl2O.C6H14N2O2/c1-11-9-5-3-2-4-8(9)6-7-10;8-6-2-1-5(4-10)7(9)3-6;7-4-2-1-3-5(8)6(9)10/h2-5H,6-7,10H2,1H3;1-4H;5H,1-4,7-8H2,(H,9,10)/t;;5-/m..0/s1. The van der Waals surface area contributed by atoms with Gasteiger partial charge in [-0.1, -0.05) is 47.8 Å². The van der Waals surface area contributed by atoms with E-state index in [0.717, 1.165) is 25.0 Å². The summed E-state index contributed by atoms with van der Waals surface area (Å²) in [5.74, 6) is -0.00466. The van der Waals surface area contributed by atoms with Crippen LogP contribution in [0.15, 0.2) is 42.5 Å². The Kier molecular flexibility index (Phi) is 16.3. The normalized spacial score (nSPS) is 10.6. The van der Waals surface area contributed by atoms with E-state index in [1.807, 2.05) is 24.3 Å². The number of carbonyl (C=O) groups is 2. The number of hydrogen-bond donors (Lipinski definition) is 4. The van der Waals surface area contributed by atoms with Crippen LogP contribution in [-0.2, 0) is 11.2 Å². The van der Waals surface area contributed by atoms with E-state index < -0.39 is 12.0 Å². The number of ether oxygens (including phenoxy) is 1. The van der Waals surface area contributed by atoms with E-state index in [9.17, 15) is 9.59 Å². The van der Waals surface area contributed by atoms with Crippen molar-refractivity contribution in [2.24, 2.45) is 17.2 Å². The number of carboxylic acids is 1. The molecule has 7 nitrogen and oxygen atoms in total. The van der Waals surface area contributed by atoms with Crippen LogP contribution in [0.25, 0.3) is 0 Å². The summed E-state index contributed by atoms with van der Waals surface area (Å²) in [6.45, 7) is 1.27. The molecule has 2 rings (SSSR count). The second-order valence-corrected chi connectivity index (χ2v) is 7.21. The van der Waals surface area contributed by atoms with Gasteiger partial charge < -0.3 is 27.0 Å². The molecule has 172 valence electrons.